The van der Waals surface area contributed by atoms with Crippen LogP contribution in [0.4, 0.5) is 28.2 Å². The number of anilines is 1. The Bertz CT molecular complexity index is 1300. The molecule has 3 N–H and O–H groups in total. The summed E-state index contributed by atoms with van der Waals surface area (Å²) >= 11 is 6.00. The number of nitrogens with one attached hydrogen (secondary N) is 3. The van der Waals surface area contributed by atoms with Crippen LogP contribution in [-0.4, -0.2) is 21.2 Å². The van der Waals surface area contributed by atoms with Crippen LogP contribution in [0.15, 0.2) is 79.1 Å². The number of nitrogens with zero attached hydrogens (tertiary/aromatic N) is 2. The summed E-state index contributed by atoms with van der Waals surface area (Å²) in [6.07, 6.45) is -2.08. The third-order valence-corrected chi connectivity index (χ3v) is 5.49. The molecule has 2 aromatic heterocycles. The number of aromatic nitrogens is 3. The average molecular weight is 504 g/mol. The van der Waals surface area contributed by atoms with Gasteiger partial charge in [0.2, 0.25) is 0 Å². The first-order valence-electron chi connectivity index (χ1n) is 10.3. The SMILES string of the molecule is O=C(Nc1cc[nH]n1)NC(Cc1ccccc1)(c1cc(F)cc(C(F)(F)F)c1)c1ccc(Cl)cn1. The van der Waals surface area contributed by atoms with Crippen molar-refractivity contribution in [3.05, 3.63) is 112 Å². The standard InChI is InChI=1S/C24H18ClF4N5O/c25-18-6-7-20(30-14-18)23(13-15-4-2-1-3-5-15,33-22(35)32-21-8-9-31-34-21)16-10-17(24(27,28)29)12-19(26)11-16/h1-12,14H,13H2,(H3,31,32,33,34,35). The molecule has 0 saturated heterocycles. The highest BCUT2D eigenvalue weighted by Gasteiger charge is 2.41. The number of aromatic amines is 1. The van der Waals surface area contributed by atoms with Crippen LogP contribution < -0.4 is 10.6 Å². The number of hydrogen-bond acceptors (Lipinski definition) is 3. The van der Waals surface area contributed by atoms with Crippen molar-refractivity contribution in [1.82, 2.24) is 20.5 Å². The molecule has 1 unspecified atom stereocenters. The van der Waals surface area contributed by atoms with Gasteiger partial charge in [0, 0.05) is 24.9 Å². The second-order valence-electron chi connectivity index (χ2n) is 7.69. The van der Waals surface area contributed by atoms with Gasteiger partial charge in [-0.3, -0.25) is 15.4 Å². The van der Waals surface area contributed by atoms with Gasteiger partial charge in [-0.1, -0.05) is 41.9 Å². The molecule has 11 heteroatoms. The summed E-state index contributed by atoms with van der Waals surface area (Å²) in [6.45, 7) is 0. The molecule has 0 saturated carbocycles. The zero-order valence-corrected chi connectivity index (χ0v) is 18.7. The molecule has 0 aliphatic heterocycles. The summed E-state index contributed by atoms with van der Waals surface area (Å²) in [4.78, 5) is 17.3. The van der Waals surface area contributed by atoms with E-state index in [-0.39, 0.29) is 28.5 Å². The van der Waals surface area contributed by atoms with Gasteiger partial charge in [-0.05, 0) is 41.5 Å². The summed E-state index contributed by atoms with van der Waals surface area (Å²) in [5.74, 6) is -0.939. The molecule has 2 heterocycles. The van der Waals surface area contributed by atoms with E-state index in [4.69, 9.17) is 11.6 Å². The van der Waals surface area contributed by atoms with Crippen molar-refractivity contribution in [2.75, 3.05) is 5.32 Å². The number of rotatable bonds is 6. The molecule has 0 aliphatic rings. The van der Waals surface area contributed by atoms with E-state index in [9.17, 15) is 22.4 Å². The van der Waals surface area contributed by atoms with Gasteiger partial charge in [0.1, 0.15) is 11.4 Å². The summed E-state index contributed by atoms with van der Waals surface area (Å²) < 4.78 is 55.4. The fourth-order valence-electron chi connectivity index (χ4n) is 3.72. The van der Waals surface area contributed by atoms with Gasteiger partial charge in [-0.25, -0.2) is 9.18 Å². The van der Waals surface area contributed by atoms with Crippen LogP contribution in [0.25, 0.3) is 0 Å². The number of pyridine rings is 1. The van der Waals surface area contributed by atoms with Crippen LogP contribution in [0, 0.1) is 5.82 Å². The number of urea groups is 1. The molecular weight excluding hydrogens is 486 g/mol. The van der Waals surface area contributed by atoms with Crippen molar-refractivity contribution in [3.63, 3.8) is 0 Å². The predicted molar refractivity (Wildman–Crippen MR) is 122 cm³/mol. The molecule has 35 heavy (non-hydrogen) atoms. The summed E-state index contributed by atoms with van der Waals surface area (Å²) in [6, 6.07) is 14.5. The van der Waals surface area contributed by atoms with Gasteiger partial charge >= 0.3 is 12.2 Å². The molecule has 180 valence electrons. The van der Waals surface area contributed by atoms with Crippen LogP contribution in [0.2, 0.25) is 5.02 Å². The quantitative estimate of drug-likeness (QED) is 0.285. The zero-order chi connectivity index (χ0) is 25.1. The Morgan fingerprint density at radius 1 is 1.00 bits per heavy atom. The second kappa shape index (κ2) is 9.75. The highest BCUT2D eigenvalue weighted by Crippen LogP contribution is 2.38. The van der Waals surface area contributed by atoms with E-state index < -0.39 is 29.1 Å². The Balaban J connectivity index is 1.92. The number of hydrogen-bond donors (Lipinski definition) is 3. The normalized spacial score (nSPS) is 13.2. The number of H-pyrrole nitrogens is 1. The molecule has 0 radical (unpaired) electrons. The maximum Gasteiger partial charge on any atom is 0.416 e. The van der Waals surface area contributed by atoms with E-state index in [1.165, 1.54) is 30.6 Å². The van der Waals surface area contributed by atoms with Crippen LogP contribution in [-0.2, 0) is 18.1 Å². The fourth-order valence-corrected chi connectivity index (χ4v) is 3.83. The first-order valence-corrected chi connectivity index (χ1v) is 10.7. The summed E-state index contributed by atoms with van der Waals surface area (Å²) in [5.41, 5.74) is -2.26. The van der Waals surface area contributed by atoms with Crippen molar-refractivity contribution in [2.24, 2.45) is 0 Å². The van der Waals surface area contributed by atoms with Gasteiger partial charge in [-0.2, -0.15) is 18.3 Å². The minimum absolute atomic E-state index is 0.0444. The van der Waals surface area contributed by atoms with Gasteiger partial charge in [-0.15, -0.1) is 0 Å². The topological polar surface area (TPSA) is 82.7 Å². The monoisotopic (exact) mass is 503 g/mol. The molecule has 2 amide bonds. The third kappa shape index (κ3) is 5.60. The van der Waals surface area contributed by atoms with Gasteiger partial charge < -0.3 is 5.32 Å². The minimum Gasteiger partial charge on any atom is -0.322 e. The van der Waals surface area contributed by atoms with Crippen molar-refractivity contribution in [2.45, 2.75) is 18.1 Å². The highest BCUT2D eigenvalue weighted by molar-refractivity contribution is 6.30. The average Bonchev–Trinajstić information content (AvgIpc) is 3.31. The van der Waals surface area contributed by atoms with E-state index >= 15 is 0 Å². The van der Waals surface area contributed by atoms with Gasteiger partial charge in [0.15, 0.2) is 5.82 Å². The third-order valence-electron chi connectivity index (χ3n) is 5.26. The molecule has 0 fully saturated rings. The molecular formula is C24H18ClF4N5O. The van der Waals surface area contributed by atoms with E-state index in [0.717, 1.165) is 12.1 Å². The highest BCUT2D eigenvalue weighted by atomic mass is 35.5. The lowest BCUT2D eigenvalue weighted by atomic mass is 9.80. The van der Waals surface area contributed by atoms with E-state index in [0.29, 0.717) is 11.6 Å². The number of carbonyl (C=O) groups is 1. The lowest BCUT2D eigenvalue weighted by Gasteiger charge is -2.35. The number of alkyl halides is 3. The molecule has 0 aliphatic carbocycles. The Morgan fingerprint density at radius 2 is 1.74 bits per heavy atom. The number of halogens is 5. The lowest BCUT2D eigenvalue weighted by molar-refractivity contribution is -0.137. The first-order chi connectivity index (χ1) is 16.7. The minimum atomic E-state index is -4.82. The number of amides is 2. The predicted octanol–water partition coefficient (Wildman–Crippen LogP) is 5.92. The summed E-state index contributed by atoms with van der Waals surface area (Å²) in [5, 5.41) is 11.9. The Kier molecular flexibility index (Phi) is 6.74. The molecule has 4 aromatic rings. The molecule has 0 bridgehead atoms. The smallest absolute Gasteiger partial charge is 0.322 e. The van der Waals surface area contributed by atoms with Crippen molar-refractivity contribution in [3.8, 4) is 0 Å². The Hall–Kier alpha value is -3.92. The van der Waals surface area contributed by atoms with Crippen LogP contribution >= 0.6 is 11.6 Å². The van der Waals surface area contributed by atoms with E-state index in [1.54, 1.807) is 30.3 Å². The molecule has 4 rings (SSSR count). The maximum absolute atomic E-state index is 14.6. The van der Waals surface area contributed by atoms with E-state index in [2.05, 4.69) is 25.8 Å². The largest absolute Gasteiger partial charge is 0.416 e. The fraction of sp³-hybridized carbons (Fsp3) is 0.125. The van der Waals surface area contributed by atoms with Crippen molar-refractivity contribution >= 4 is 23.4 Å². The zero-order valence-electron chi connectivity index (χ0n) is 17.9. The number of carbonyl (C=O) groups excluding carboxylic acids is 1. The Labute approximate surface area is 202 Å². The first kappa shape index (κ1) is 24.2. The molecule has 6 nitrogen and oxygen atoms in total. The summed E-state index contributed by atoms with van der Waals surface area (Å²) in [7, 11) is 0. The maximum atomic E-state index is 14.6. The van der Waals surface area contributed by atoms with Crippen LogP contribution in [0.1, 0.15) is 22.4 Å². The Morgan fingerprint density at radius 3 is 2.37 bits per heavy atom. The molecule has 0 spiro atoms. The van der Waals surface area contributed by atoms with Crippen molar-refractivity contribution in [1.29, 1.82) is 0 Å². The van der Waals surface area contributed by atoms with Crippen molar-refractivity contribution < 1.29 is 22.4 Å². The molecule has 2 aromatic carbocycles. The van der Waals surface area contributed by atoms with Gasteiger partial charge in [0.05, 0.1) is 16.3 Å². The van der Waals surface area contributed by atoms with Crippen LogP contribution in [0.3, 0.4) is 0 Å². The lowest BCUT2D eigenvalue weighted by Crippen LogP contribution is -2.51. The second-order valence-corrected chi connectivity index (χ2v) is 8.13. The molecule has 1 atom stereocenters. The van der Waals surface area contributed by atoms with E-state index in [1.807, 2.05) is 0 Å². The van der Waals surface area contributed by atoms with Gasteiger partial charge in [0.25, 0.3) is 0 Å². The number of benzene rings is 2. The van der Waals surface area contributed by atoms with Crippen LogP contribution in [0.5, 0.6) is 0 Å².